The summed E-state index contributed by atoms with van der Waals surface area (Å²) in [7, 11) is 0. The van der Waals surface area contributed by atoms with Crippen molar-refractivity contribution in [1.29, 1.82) is 0 Å². The summed E-state index contributed by atoms with van der Waals surface area (Å²) in [6.45, 7) is 5.06. The van der Waals surface area contributed by atoms with Crippen LogP contribution in [0, 0.1) is 6.07 Å². The highest BCUT2D eigenvalue weighted by Crippen LogP contribution is 2.23. The molecule has 0 bridgehead atoms. The van der Waals surface area contributed by atoms with Crippen LogP contribution in [0.15, 0.2) is 48.5 Å². The smallest absolute Gasteiger partial charge is 0.219 e. The number of carbonyl (C=O) groups excluding carboxylic acids is 1. The van der Waals surface area contributed by atoms with Gasteiger partial charge in [0.1, 0.15) is 0 Å². The van der Waals surface area contributed by atoms with Crippen LogP contribution in [0.3, 0.4) is 0 Å². The summed E-state index contributed by atoms with van der Waals surface area (Å²) in [5, 5.41) is 0. The Balaban J connectivity index is 1.69. The Labute approximate surface area is 125 Å². The number of anilines is 1. The van der Waals surface area contributed by atoms with Gasteiger partial charge in [0.2, 0.25) is 5.91 Å². The molecule has 1 heterocycles. The molecule has 0 N–H and O–H groups in total. The lowest BCUT2D eigenvalue weighted by Gasteiger charge is -2.35. The minimum Gasteiger partial charge on any atom is -0.368 e. The summed E-state index contributed by atoms with van der Waals surface area (Å²) < 4.78 is 0. The summed E-state index contributed by atoms with van der Waals surface area (Å²) >= 11 is 0. The average molecular weight is 279 g/mol. The van der Waals surface area contributed by atoms with Crippen molar-refractivity contribution in [2.75, 3.05) is 31.1 Å². The van der Waals surface area contributed by atoms with Crippen molar-refractivity contribution >= 4 is 11.6 Å². The number of benzene rings is 2. The van der Waals surface area contributed by atoms with E-state index < -0.39 is 0 Å². The Morgan fingerprint density at radius 3 is 2.29 bits per heavy atom. The van der Waals surface area contributed by atoms with Gasteiger partial charge in [-0.2, -0.15) is 0 Å². The van der Waals surface area contributed by atoms with Crippen molar-refractivity contribution in [2.45, 2.75) is 6.92 Å². The SMILES string of the molecule is CC(=O)N1CCN(c2ccc(-c3c[c]ccc3)cc2)CC1. The maximum absolute atomic E-state index is 11.3. The molecule has 1 aliphatic heterocycles. The second-order valence-electron chi connectivity index (χ2n) is 5.33. The van der Waals surface area contributed by atoms with E-state index in [4.69, 9.17) is 0 Å². The number of piperazine rings is 1. The van der Waals surface area contributed by atoms with Crippen LogP contribution >= 0.6 is 0 Å². The van der Waals surface area contributed by atoms with Crippen LogP contribution in [0.4, 0.5) is 5.69 Å². The molecule has 3 nitrogen and oxygen atoms in total. The lowest BCUT2D eigenvalue weighted by molar-refractivity contribution is -0.129. The fraction of sp³-hybridized carbons (Fsp3) is 0.278. The first kappa shape index (κ1) is 13.7. The largest absolute Gasteiger partial charge is 0.368 e. The Morgan fingerprint density at radius 1 is 1.00 bits per heavy atom. The van der Waals surface area contributed by atoms with Crippen LogP contribution in [0.5, 0.6) is 0 Å². The molecule has 1 fully saturated rings. The van der Waals surface area contributed by atoms with Gasteiger partial charge < -0.3 is 9.80 Å². The number of hydrogen-bond acceptors (Lipinski definition) is 2. The van der Waals surface area contributed by atoms with Gasteiger partial charge in [0.05, 0.1) is 0 Å². The Bertz CT molecular complexity index is 599. The topological polar surface area (TPSA) is 23.6 Å². The third-order valence-electron chi connectivity index (χ3n) is 4.00. The minimum absolute atomic E-state index is 0.172. The molecule has 1 aliphatic rings. The quantitative estimate of drug-likeness (QED) is 0.844. The third-order valence-corrected chi connectivity index (χ3v) is 4.00. The van der Waals surface area contributed by atoms with E-state index in [9.17, 15) is 4.79 Å². The summed E-state index contributed by atoms with van der Waals surface area (Å²) in [5.41, 5.74) is 3.62. The van der Waals surface area contributed by atoms with Crippen LogP contribution < -0.4 is 4.90 Å². The van der Waals surface area contributed by atoms with Crippen LogP contribution in [0.1, 0.15) is 6.92 Å². The lowest BCUT2D eigenvalue weighted by Crippen LogP contribution is -2.48. The fourth-order valence-corrected chi connectivity index (χ4v) is 2.72. The molecule has 21 heavy (non-hydrogen) atoms. The summed E-state index contributed by atoms with van der Waals surface area (Å²) in [6, 6.07) is 19.7. The van der Waals surface area contributed by atoms with Gasteiger partial charge in [0.15, 0.2) is 0 Å². The normalized spacial score (nSPS) is 15.1. The van der Waals surface area contributed by atoms with Gasteiger partial charge in [-0.3, -0.25) is 4.79 Å². The number of amides is 1. The molecule has 2 aromatic carbocycles. The molecular weight excluding hydrogens is 260 g/mol. The number of carbonyl (C=O) groups is 1. The van der Waals surface area contributed by atoms with Crippen molar-refractivity contribution in [2.24, 2.45) is 0 Å². The van der Waals surface area contributed by atoms with Gasteiger partial charge in [-0.15, -0.1) is 0 Å². The van der Waals surface area contributed by atoms with E-state index in [2.05, 4.69) is 41.3 Å². The van der Waals surface area contributed by atoms with Gasteiger partial charge in [-0.05, 0) is 35.4 Å². The molecule has 0 aromatic heterocycles. The molecule has 0 unspecified atom stereocenters. The van der Waals surface area contributed by atoms with Gasteiger partial charge in [0.25, 0.3) is 0 Å². The third kappa shape index (κ3) is 3.07. The molecule has 2 aromatic rings. The van der Waals surface area contributed by atoms with Crippen molar-refractivity contribution < 1.29 is 4.79 Å². The zero-order valence-corrected chi connectivity index (χ0v) is 12.2. The summed E-state index contributed by atoms with van der Waals surface area (Å²) in [6.07, 6.45) is 0. The molecule has 0 spiro atoms. The lowest BCUT2D eigenvalue weighted by atomic mass is 10.1. The first-order chi connectivity index (χ1) is 10.2. The van der Waals surface area contributed by atoms with Crippen molar-refractivity contribution in [3.05, 3.63) is 54.6 Å². The molecule has 0 atom stereocenters. The molecule has 0 aliphatic carbocycles. The van der Waals surface area contributed by atoms with Crippen LogP contribution in [-0.4, -0.2) is 37.0 Å². The Kier molecular flexibility index (Phi) is 3.91. The van der Waals surface area contributed by atoms with E-state index in [1.165, 1.54) is 16.8 Å². The molecule has 107 valence electrons. The molecule has 3 heteroatoms. The van der Waals surface area contributed by atoms with Gasteiger partial charge >= 0.3 is 0 Å². The predicted octanol–water partition coefficient (Wildman–Crippen LogP) is 2.82. The number of nitrogens with zero attached hydrogens (tertiary/aromatic N) is 2. The molecule has 1 amide bonds. The Hall–Kier alpha value is -2.29. The summed E-state index contributed by atoms with van der Waals surface area (Å²) in [5.74, 6) is 0.172. The highest BCUT2D eigenvalue weighted by molar-refractivity contribution is 5.73. The van der Waals surface area contributed by atoms with Crippen LogP contribution in [0.25, 0.3) is 11.1 Å². The molecule has 0 saturated carbocycles. The minimum atomic E-state index is 0.172. The van der Waals surface area contributed by atoms with E-state index in [-0.39, 0.29) is 5.91 Å². The molecule has 1 radical (unpaired) electrons. The second kappa shape index (κ2) is 6.00. The van der Waals surface area contributed by atoms with Crippen LogP contribution in [0.2, 0.25) is 0 Å². The van der Waals surface area contributed by atoms with E-state index in [1.54, 1.807) is 6.92 Å². The first-order valence-corrected chi connectivity index (χ1v) is 7.31. The average Bonchev–Trinajstić information content (AvgIpc) is 2.56. The fourth-order valence-electron chi connectivity index (χ4n) is 2.72. The Morgan fingerprint density at radius 2 is 1.71 bits per heavy atom. The van der Waals surface area contributed by atoms with Crippen molar-refractivity contribution in [3.63, 3.8) is 0 Å². The maximum atomic E-state index is 11.3. The molecule has 1 saturated heterocycles. The molecule has 3 rings (SSSR count). The van der Waals surface area contributed by atoms with E-state index >= 15 is 0 Å². The maximum Gasteiger partial charge on any atom is 0.219 e. The van der Waals surface area contributed by atoms with Gasteiger partial charge in [-0.25, -0.2) is 0 Å². The second-order valence-corrected chi connectivity index (χ2v) is 5.33. The number of rotatable bonds is 2. The first-order valence-electron chi connectivity index (χ1n) is 7.31. The predicted molar refractivity (Wildman–Crippen MR) is 85.2 cm³/mol. The van der Waals surface area contributed by atoms with Gasteiger partial charge in [-0.1, -0.05) is 30.3 Å². The van der Waals surface area contributed by atoms with Crippen molar-refractivity contribution in [3.8, 4) is 11.1 Å². The number of hydrogen-bond donors (Lipinski definition) is 0. The zero-order valence-electron chi connectivity index (χ0n) is 12.2. The van der Waals surface area contributed by atoms with E-state index in [1.807, 2.05) is 23.1 Å². The highest BCUT2D eigenvalue weighted by atomic mass is 16.2. The van der Waals surface area contributed by atoms with E-state index in [0.717, 1.165) is 26.2 Å². The van der Waals surface area contributed by atoms with Crippen LogP contribution in [-0.2, 0) is 4.79 Å². The van der Waals surface area contributed by atoms with Gasteiger partial charge in [0, 0.05) is 38.8 Å². The monoisotopic (exact) mass is 279 g/mol. The van der Waals surface area contributed by atoms with Crippen molar-refractivity contribution in [1.82, 2.24) is 4.90 Å². The molecular formula is C18H19N2O. The highest BCUT2D eigenvalue weighted by Gasteiger charge is 2.18. The van der Waals surface area contributed by atoms with E-state index in [0.29, 0.717) is 0 Å². The zero-order chi connectivity index (χ0) is 14.7. The summed E-state index contributed by atoms with van der Waals surface area (Å²) in [4.78, 5) is 15.6. The standard InChI is InChI=1S/C18H19N2O/c1-15(21)19-11-13-20(14-12-19)18-9-7-17(8-10-18)16-5-3-2-4-6-16/h2-3,5-10H,11-14H2,1H3.